The van der Waals surface area contributed by atoms with E-state index in [4.69, 9.17) is 0 Å². The molecule has 13 nitrogen and oxygen atoms in total. The summed E-state index contributed by atoms with van der Waals surface area (Å²) in [5.41, 5.74) is 2.57. The molecule has 226 valence electrons. The summed E-state index contributed by atoms with van der Waals surface area (Å²) in [7, 11) is 0. The maximum atomic E-state index is 10.4. The molecule has 3 heterocycles. The van der Waals surface area contributed by atoms with E-state index in [9.17, 15) is 31.6 Å². The molecule has 0 fully saturated rings. The maximum Gasteiger partial charge on any atom is 0.178 e. The lowest BCUT2D eigenvalue weighted by atomic mass is 10.0. The zero-order valence-corrected chi connectivity index (χ0v) is 25.3. The van der Waals surface area contributed by atoms with Crippen molar-refractivity contribution in [3.63, 3.8) is 0 Å². The zero-order valence-electron chi connectivity index (χ0n) is 25.3. The summed E-state index contributed by atoms with van der Waals surface area (Å²) in [6.07, 6.45) is 0. The van der Waals surface area contributed by atoms with Crippen LogP contribution in [0.2, 0.25) is 0 Å². The van der Waals surface area contributed by atoms with Crippen LogP contribution in [0.15, 0.2) is 110 Å². The van der Waals surface area contributed by atoms with Crippen LogP contribution in [0.3, 0.4) is 0 Å². The SMILES string of the molecule is N#CC(=C1N=c2cc(C#N)c(C#N)cc2=N1)c1nc(C(C#N)=C2N=c3cc(C#N)c(C#N)cc3=N2)nc(-c2ccc(-c3ccccc3)cc2)n1. The number of fused-ring (bicyclic) bond motifs is 2. The van der Waals surface area contributed by atoms with Gasteiger partial charge in [-0.05, 0) is 35.4 Å². The molecule has 0 unspecified atom stereocenters. The summed E-state index contributed by atoms with van der Waals surface area (Å²) in [5, 5.41) is 59.7. The third-order valence-electron chi connectivity index (χ3n) is 7.62. The van der Waals surface area contributed by atoms with E-state index < -0.39 is 0 Å². The van der Waals surface area contributed by atoms with Crippen LogP contribution in [0.5, 0.6) is 0 Å². The Morgan fingerprint density at radius 2 is 0.780 bits per heavy atom. The summed E-state index contributed by atoms with van der Waals surface area (Å²) in [5.74, 6) is -0.317. The van der Waals surface area contributed by atoms with Gasteiger partial charge < -0.3 is 0 Å². The molecule has 50 heavy (non-hydrogen) atoms. The summed E-state index contributed by atoms with van der Waals surface area (Å²) < 4.78 is 0. The second-order valence-corrected chi connectivity index (χ2v) is 10.5. The molecule has 0 bridgehead atoms. The minimum atomic E-state index is -0.160. The first-order chi connectivity index (χ1) is 24.5. The summed E-state index contributed by atoms with van der Waals surface area (Å²) >= 11 is 0. The first-order valence-electron chi connectivity index (χ1n) is 14.5. The smallest absolute Gasteiger partial charge is 0.178 e. The average Bonchev–Trinajstić information content (AvgIpc) is 3.77. The molecule has 0 aliphatic carbocycles. The van der Waals surface area contributed by atoms with Crippen molar-refractivity contribution >= 4 is 11.1 Å². The largest absolute Gasteiger partial charge is 0.226 e. The molecule has 0 spiro atoms. The standard InChI is InChI=1S/C37H13N13/c38-14-23-10-29-30(11-24(23)15-39)45-34(44-29)27(18-42)36-48-33(22-8-6-21(7-9-22)20-4-2-1-3-5-20)49-37(50-36)28(19-43)35-46-31-12-25(16-40)26(17-41)13-32(31)47-35/h1-13H. The van der Waals surface area contributed by atoms with Gasteiger partial charge in [-0.2, -0.15) is 31.6 Å². The summed E-state index contributed by atoms with van der Waals surface area (Å²) in [6, 6.07) is 34.7. The molecule has 4 aromatic carbocycles. The predicted molar refractivity (Wildman–Crippen MR) is 172 cm³/mol. The quantitative estimate of drug-likeness (QED) is 0.263. The van der Waals surface area contributed by atoms with Crippen LogP contribution >= 0.6 is 0 Å². The number of nitriles is 6. The molecule has 2 aliphatic heterocycles. The number of hydrogen-bond acceptors (Lipinski definition) is 13. The van der Waals surface area contributed by atoms with Crippen molar-refractivity contribution in [2.75, 3.05) is 0 Å². The molecular weight excluding hydrogens is 626 g/mol. The third-order valence-corrected chi connectivity index (χ3v) is 7.62. The van der Waals surface area contributed by atoms with Crippen molar-refractivity contribution in [2.45, 2.75) is 0 Å². The van der Waals surface area contributed by atoms with Gasteiger partial charge >= 0.3 is 0 Å². The molecule has 0 saturated heterocycles. The van der Waals surface area contributed by atoms with Crippen molar-refractivity contribution in [1.82, 2.24) is 15.0 Å². The van der Waals surface area contributed by atoms with Gasteiger partial charge in [0.2, 0.25) is 0 Å². The van der Waals surface area contributed by atoms with E-state index >= 15 is 0 Å². The molecule has 7 rings (SSSR count). The second-order valence-electron chi connectivity index (χ2n) is 10.5. The normalized spacial score (nSPS) is 11.6. The number of aromatic nitrogens is 3. The van der Waals surface area contributed by atoms with E-state index in [-0.39, 0.29) is 83.9 Å². The van der Waals surface area contributed by atoms with Gasteiger partial charge in [-0.1, -0.05) is 54.6 Å². The molecule has 1 aromatic heterocycles. The Bertz CT molecular complexity index is 2650. The van der Waals surface area contributed by atoms with E-state index in [1.165, 1.54) is 24.3 Å². The number of rotatable bonds is 4. The Morgan fingerprint density at radius 1 is 0.420 bits per heavy atom. The summed E-state index contributed by atoms with van der Waals surface area (Å²) in [4.78, 5) is 31.4. The van der Waals surface area contributed by atoms with Crippen molar-refractivity contribution in [3.05, 3.63) is 146 Å². The van der Waals surface area contributed by atoms with Crippen LogP contribution in [0.25, 0.3) is 33.7 Å². The lowest BCUT2D eigenvalue weighted by Crippen LogP contribution is -2.22. The van der Waals surface area contributed by atoms with Crippen molar-refractivity contribution in [2.24, 2.45) is 20.0 Å². The maximum absolute atomic E-state index is 10.4. The number of benzene rings is 4. The Balaban J connectivity index is 1.44. The monoisotopic (exact) mass is 639 g/mol. The molecule has 0 radical (unpaired) electrons. The average molecular weight is 640 g/mol. The van der Waals surface area contributed by atoms with Gasteiger partial charge in [0.15, 0.2) is 29.1 Å². The first kappa shape index (κ1) is 30.2. The molecule has 0 amide bonds. The highest BCUT2D eigenvalue weighted by molar-refractivity contribution is 5.80. The molecular formula is C37H13N13. The van der Waals surface area contributed by atoms with Gasteiger partial charge in [0.25, 0.3) is 0 Å². The Hall–Kier alpha value is -8.49. The Kier molecular flexibility index (Phi) is 7.46. The highest BCUT2D eigenvalue weighted by Gasteiger charge is 2.23. The molecule has 5 aromatic rings. The van der Waals surface area contributed by atoms with Crippen LogP contribution in [0.4, 0.5) is 0 Å². The molecule has 0 N–H and O–H groups in total. The lowest BCUT2D eigenvalue weighted by molar-refractivity contribution is 0.992. The topological polar surface area (TPSA) is 231 Å². The molecule has 0 atom stereocenters. The van der Waals surface area contributed by atoms with Crippen LogP contribution in [0, 0.1) is 68.0 Å². The number of hydrogen-bond donors (Lipinski definition) is 0. The molecule has 2 aliphatic rings. The zero-order chi connectivity index (χ0) is 34.8. The number of allylic oxidation sites excluding steroid dienone is 2. The summed E-state index contributed by atoms with van der Waals surface area (Å²) in [6.45, 7) is 0. The first-order valence-corrected chi connectivity index (χ1v) is 14.5. The lowest BCUT2D eigenvalue weighted by Gasteiger charge is -2.08. The van der Waals surface area contributed by atoms with E-state index in [2.05, 4.69) is 47.1 Å². The Labute approximate surface area is 282 Å². The second kappa shape index (κ2) is 12.4. The van der Waals surface area contributed by atoms with Gasteiger partial charge in [0.05, 0.1) is 43.7 Å². The van der Waals surface area contributed by atoms with Crippen LogP contribution in [-0.2, 0) is 0 Å². The van der Waals surface area contributed by atoms with Gasteiger partial charge in [-0.15, -0.1) is 0 Å². The molecule has 13 heteroatoms. The fourth-order valence-corrected chi connectivity index (χ4v) is 5.18. The van der Waals surface area contributed by atoms with Gasteiger partial charge in [0.1, 0.15) is 47.6 Å². The minimum absolute atomic E-state index is 0.0640. The van der Waals surface area contributed by atoms with E-state index in [0.717, 1.165) is 11.1 Å². The fourth-order valence-electron chi connectivity index (χ4n) is 5.18. The third kappa shape index (κ3) is 5.26. The van der Waals surface area contributed by atoms with Crippen LogP contribution in [0.1, 0.15) is 33.9 Å². The highest BCUT2D eigenvalue weighted by atomic mass is 15.1. The van der Waals surface area contributed by atoms with Crippen molar-refractivity contribution in [3.8, 4) is 58.9 Å². The van der Waals surface area contributed by atoms with Gasteiger partial charge in [-0.3, -0.25) is 0 Å². The number of nitrogens with zero attached hydrogens (tertiary/aromatic N) is 13. The Morgan fingerprint density at radius 3 is 1.14 bits per heavy atom. The van der Waals surface area contributed by atoms with E-state index in [0.29, 0.717) is 5.56 Å². The van der Waals surface area contributed by atoms with Crippen molar-refractivity contribution < 1.29 is 0 Å². The van der Waals surface area contributed by atoms with Crippen LogP contribution < -0.4 is 21.4 Å². The van der Waals surface area contributed by atoms with E-state index in [1.54, 1.807) is 12.1 Å². The fraction of sp³-hybridized carbons (Fsp3) is 0. The molecule has 0 saturated carbocycles. The van der Waals surface area contributed by atoms with Crippen molar-refractivity contribution in [1.29, 1.82) is 31.6 Å². The van der Waals surface area contributed by atoms with Gasteiger partial charge in [0, 0.05) is 5.56 Å². The highest BCUT2D eigenvalue weighted by Crippen LogP contribution is 2.27. The predicted octanol–water partition coefficient (Wildman–Crippen LogP) is 2.98. The minimum Gasteiger partial charge on any atom is -0.226 e. The van der Waals surface area contributed by atoms with Crippen LogP contribution in [-0.4, -0.2) is 15.0 Å². The van der Waals surface area contributed by atoms with Gasteiger partial charge in [-0.25, -0.2) is 34.9 Å². The van der Waals surface area contributed by atoms with E-state index in [1.807, 2.05) is 66.7 Å².